The van der Waals surface area contributed by atoms with E-state index >= 15 is 0 Å². The molecule has 7 nitrogen and oxygen atoms in total. The van der Waals surface area contributed by atoms with Gasteiger partial charge in [0.25, 0.3) is 5.91 Å². The zero-order valence-corrected chi connectivity index (χ0v) is 19.5. The smallest absolute Gasteiger partial charge is 0.279 e. The Bertz CT molecular complexity index is 1490. The fraction of sp³-hybridized carbons (Fsp3) is 0.0714. The fourth-order valence-electron chi connectivity index (χ4n) is 3.94. The molecular weight excluding hydrogens is 457 g/mol. The molecule has 2 heterocycles. The number of aryl methyl sites for hydroxylation is 1. The molecule has 4 aromatic rings. The second-order valence-electron chi connectivity index (χ2n) is 8.02. The topological polar surface area (TPSA) is 72.1 Å². The van der Waals surface area contributed by atoms with Gasteiger partial charge in [-0.05, 0) is 49.4 Å². The summed E-state index contributed by atoms with van der Waals surface area (Å²) in [6.07, 6.45) is 3.18. The number of carbonyl (C=O) groups is 1. The number of rotatable bonds is 7. The minimum Gasteiger partial charge on any atom is -0.438 e. The van der Waals surface area contributed by atoms with Gasteiger partial charge in [0.05, 0.1) is 28.8 Å². The summed E-state index contributed by atoms with van der Waals surface area (Å²) in [5.74, 6) is 0.225. The molecule has 36 heavy (non-hydrogen) atoms. The van der Waals surface area contributed by atoms with Gasteiger partial charge in [0, 0.05) is 12.1 Å². The van der Waals surface area contributed by atoms with Crippen LogP contribution in [0.4, 0.5) is 10.1 Å². The van der Waals surface area contributed by atoms with E-state index in [4.69, 9.17) is 4.74 Å². The molecule has 1 aliphatic heterocycles. The van der Waals surface area contributed by atoms with E-state index in [9.17, 15) is 9.18 Å². The molecular formula is C28H22FN5O2. The Morgan fingerprint density at radius 3 is 2.50 bits per heavy atom. The summed E-state index contributed by atoms with van der Waals surface area (Å²) >= 11 is 0. The van der Waals surface area contributed by atoms with Gasteiger partial charge in [-0.2, -0.15) is 14.9 Å². The van der Waals surface area contributed by atoms with Crippen LogP contribution in [-0.4, -0.2) is 34.2 Å². The molecule has 0 fully saturated rings. The Morgan fingerprint density at radius 2 is 1.75 bits per heavy atom. The number of hydrogen-bond acceptors (Lipinski definition) is 5. The number of aromatic nitrogens is 2. The molecule has 0 saturated heterocycles. The molecule has 0 aliphatic carbocycles. The molecule has 0 unspecified atom stereocenters. The van der Waals surface area contributed by atoms with Crippen molar-refractivity contribution in [2.45, 2.75) is 6.92 Å². The highest BCUT2D eigenvalue weighted by molar-refractivity contribution is 6.54. The predicted molar refractivity (Wildman–Crippen MR) is 138 cm³/mol. The molecule has 178 valence electrons. The summed E-state index contributed by atoms with van der Waals surface area (Å²) in [4.78, 5) is 14.6. The van der Waals surface area contributed by atoms with Gasteiger partial charge in [-0.3, -0.25) is 4.79 Å². The van der Waals surface area contributed by atoms with Crippen LogP contribution in [0.3, 0.4) is 0 Å². The van der Waals surface area contributed by atoms with E-state index in [1.165, 1.54) is 30.5 Å². The third-order valence-corrected chi connectivity index (χ3v) is 5.65. The van der Waals surface area contributed by atoms with E-state index in [-0.39, 0.29) is 17.4 Å². The fourth-order valence-corrected chi connectivity index (χ4v) is 3.94. The van der Waals surface area contributed by atoms with Crippen molar-refractivity contribution in [3.63, 3.8) is 0 Å². The molecule has 5 rings (SSSR count). The number of nitrogens with zero attached hydrogens (tertiary/aromatic N) is 5. The number of ether oxygens (including phenoxy) is 1. The van der Waals surface area contributed by atoms with E-state index < -0.39 is 0 Å². The van der Waals surface area contributed by atoms with Gasteiger partial charge < -0.3 is 9.64 Å². The van der Waals surface area contributed by atoms with E-state index in [2.05, 4.69) is 21.9 Å². The summed E-state index contributed by atoms with van der Waals surface area (Å²) in [6, 6.07) is 22.6. The molecule has 0 saturated carbocycles. The standard InChI is InChI=1S/C28H22FN5O2/c1-3-17-33-25-12-8-7-11-23(25)26(27(33)35)31-30-18-24-19(2)32-34(21-9-5-4-6-10-21)28(24)36-22-15-13-20(29)14-16-22/h3-16,18H,1,17H2,2H3/b30-18+,31-26+. The second-order valence-corrected chi connectivity index (χ2v) is 8.02. The van der Waals surface area contributed by atoms with Crippen molar-refractivity contribution in [2.24, 2.45) is 10.2 Å². The van der Waals surface area contributed by atoms with Crippen molar-refractivity contribution in [1.82, 2.24) is 9.78 Å². The number of benzene rings is 3. The molecule has 0 radical (unpaired) electrons. The number of para-hydroxylation sites is 2. The van der Waals surface area contributed by atoms with Gasteiger partial charge >= 0.3 is 0 Å². The van der Waals surface area contributed by atoms with Crippen molar-refractivity contribution in [3.05, 3.63) is 114 Å². The van der Waals surface area contributed by atoms with Gasteiger partial charge in [-0.25, -0.2) is 4.39 Å². The number of amides is 1. The van der Waals surface area contributed by atoms with Gasteiger partial charge in [0.1, 0.15) is 11.6 Å². The van der Waals surface area contributed by atoms with Crippen LogP contribution in [0.2, 0.25) is 0 Å². The van der Waals surface area contributed by atoms with Crippen LogP contribution in [0, 0.1) is 12.7 Å². The van der Waals surface area contributed by atoms with E-state index in [0.717, 1.165) is 11.4 Å². The van der Waals surface area contributed by atoms with Gasteiger partial charge in [-0.15, -0.1) is 11.7 Å². The SMILES string of the molecule is C=CCN1C(=O)/C(=N/N=C/c2c(C)nn(-c3ccccc3)c2Oc2ccc(F)cc2)c2ccccc21. The highest BCUT2D eigenvalue weighted by atomic mass is 19.1. The summed E-state index contributed by atoms with van der Waals surface area (Å²) in [7, 11) is 0. The second kappa shape index (κ2) is 9.79. The van der Waals surface area contributed by atoms with Crippen LogP contribution in [0.1, 0.15) is 16.8 Å². The van der Waals surface area contributed by atoms with Crippen molar-refractivity contribution < 1.29 is 13.9 Å². The van der Waals surface area contributed by atoms with Crippen molar-refractivity contribution in [2.75, 3.05) is 11.4 Å². The Balaban J connectivity index is 1.55. The first-order valence-corrected chi connectivity index (χ1v) is 11.3. The van der Waals surface area contributed by atoms with E-state index in [0.29, 0.717) is 35.0 Å². The third-order valence-electron chi connectivity index (χ3n) is 5.65. The monoisotopic (exact) mass is 479 g/mol. The number of fused-ring (bicyclic) bond motifs is 1. The Hall–Kier alpha value is -4.85. The van der Waals surface area contributed by atoms with Crippen LogP contribution in [0.25, 0.3) is 5.69 Å². The van der Waals surface area contributed by atoms with Gasteiger partial charge in [0.15, 0.2) is 5.71 Å². The number of halogens is 1. The van der Waals surface area contributed by atoms with Crippen LogP contribution in [0.5, 0.6) is 11.6 Å². The first kappa shape index (κ1) is 22.9. The molecule has 8 heteroatoms. The average molecular weight is 480 g/mol. The normalized spacial score (nSPS) is 14.0. The zero-order valence-electron chi connectivity index (χ0n) is 19.5. The van der Waals surface area contributed by atoms with Crippen LogP contribution >= 0.6 is 0 Å². The summed E-state index contributed by atoms with van der Waals surface area (Å²) in [5, 5.41) is 13.1. The van der Waals surface area contributed by atoms with Crippen molar-refractivity contribution in [1.29, 1.82) is 0 Å². The molecule has 0 bridgehead atoms. The minimum absolute atomic E-state index is 0.243. The summed E-state index contributed by atoms with van der Waals surface area (Å²) in [6.45, 7) is 5.94. The molecule has 0 spiro atoms. The average Bonchev–Trinajstić information content (AvgIpc) is 3.35. The zero-order chi connectivity index (χ0) is 25.1. The maximum Gasteiger partial charge on any atom is 0.279 e. The third kappa shape index (κ3) is 4.32. The quantitative estimate of drug-likeness (QED) is 0.201. The Labute approximate surface area is 207 Å². The Morgan fingerprint density at radius 1 is 1.03 bits per heavy atom. The molecule has 0 N–H and O–H groups in total. The van der Waals surface area contributed by atoms with Crippen LogP contribution < -0.4 is 9.64 Å². The van der Waals surface area contributed by atoms with Crippen molar-refractivity contribution >= 4 is 23.5 Å². The highest BCUT2D eigenvalue weighted by Crippen LogP contribution is 2.31. The molecule has 1 aromatic heterocycles. The van der Waals surface area contributed by atoms with Crippen molar-refractivity contribution in [3.8, 4) is 17.3 Å². The Kier molecular flexibility index (Phi) is 6.23. The lowest BCUT2D eigenvalue weighted by atomic mass is 10.1. The first-order valence-electron chi connectivity index (χ1n) is 11.3. The molecule has 1 amide bonds. The molecule has 0 atom stereocenters. The van der Waals surface area contributed by atoms with E-state index in [1.807, 2.05) is 61.5 Å². The van der Waals surface area contributed by atoms with Gasteiger partial charge in [-0.1, -0.05) is 42.5 Å². The predicted octanol–water partition coefficient (Wildman–Crippen LogP) is 5.47. The van der Waals surface area contributed by atoms with Gasteiger partial charge in [0.2, 0.25) is 5.88 Å². The lowest BCUT2D eigenvalue weighted by Crippen LogP contribution is -2.30. The van der Waals surface area contributed by atoms with E-state index in [1.54, 1.807) is 15.7 Å². The summed E-state index contributed by atoms with van der Waals surface area (Å²) in [5.41, 5.74) is 3.73. The number of hydrogen-bond donors (Lipinski definition) is 0. The largest absolute Gasteiger partial charge is 0.438 e. The number of anilines is 1. The summed E-state index contributed by atoms with van der Waals surface area (Å²) < 4.78 is 21.2. The first-order chi connectivity index (χ1) is 17.6. The molecule has 3 aromatic carbocycles. The van der Waals surface area contributed by atoms with Crippen LogP contribution in [-0.2, 0) is 4.79 Å². The lowest BCUT2D eigenvalue weighted by Gasteiger charge is -2.13. The highest BCUT2D eigenvalue weighted by Gasteiger charge is 2.33. The maximum atomic E-state index is 13.4. The van der Waals surface area contributed by atoms with Crippen LogP contribution in [0.15, 0.2) is 102 Å². The molecule has 1 aliphatic rings. The maximum absolute atomic E-state index is 13.4. The lowest BCUT2D eigenvalue weighted by molar-refractivity contribution is -0.112. The minimum atomic E-state index is -0.361. The number of carbonyl (C=O) groups excluding carboxylic acids is 1.